The fraction of sp³-hybridized carbons (Fsp3) is 0.923. The topological polar surface area (TPSA) is 149 Å². The lowest BCUT2D eigenvalue weighted by molar-refractivity contribution is -0.302. The van der Waals surface area contributed by atoms with Crippen LogP contribution in [0.4, 0.5) is 0 Å². The molecule has 1 aliphatic rings. The maximum atomic E-state index is 13.1. The smallest absolute Gasteiger partial charge is 0.220 e. The first-order valence-corrected chi connectivity index (χ1v) is 32.6. The van der Waals surface area contributed by atoms with E-state index in [1.165, 1.54) is 270 Å². The summed E-state index contributed by atoms with van der Waals surface area (Å²) in [4.78, 5) is 13.1. The monoisotopic (exact) mass is 1050 g/mol. The molecule has 1 saturated heterocycles. The zero-order valence-corrected chi connectivity index (χ0v) is 48.9. The lowest BCUT2D eigenvalue weighted by Gasteiger charge is -2.40. The molecular formula is C65H125NO8. The largest absolute Gasteiger partial charge is 0.394 e. The maximum absolute atomic E-state index is 13.1. The number of hydrogen-bond donors (Lipinski definition) is 6. The number of ether oxygens (including phenoxy) is 2. The highest BCUT2D eigenvalue weighted by Gasteiger charge is 2.44. The average molecular weight is 1050 g/mol. The normalized spacial score (nSPS) is 19.0. The van der Waals surface area contributed by atoms with Crippen molar-refractivity contribution in [1.82, 2.24) is 5.32 Å². The first-order valence-electron chi connectivity index (χ1n) is 32.6. The molecule has 9 nitrogen and oxygen atoms in total. The van der Waals surface area contributed by atoms with Gasteiger partial charge < -0.3 is 40.3 Å². The lowest BCUT2D eigenvalue weighted by atomic mass is 9.99. The van der Waals surface area contributed by atoms with Crippen LogP contribution in [0.3, 0.4) is 0 Å². The minimum Gasteiger partial charge on any atom is -0.394 e. The van der Waals surface area contributed by atoms with Crippen LogP contribution in [0.15, 0.2) is 24.3 Å². The van der Waals surface area contributed by atoms with Crippen molar-refractivity contribution in [3.63, 3.8) is 0 Å². The molecule has 9 heteroatoms. The Hall–Kier alpha value is -1.33. The summed E-state index contributed by atoms with van der Waals surface area (Å²) in [5.74, 6) is -0.170. The van der Waals surface area contributed by atoms with E-state index in [4.69, 9.17) is 9.47 Å². The van der Waals surface area contributed by atoms with Gasteiger partial charge in [-0.15, -0.1) is 0 Å². The van der Waals surface area contributed by atoms with E-state index in [1.54, 1.807) is 6.08 Å². The van der Waals surface area contributed by atoms with Crippen molar-refractivity contribution in [2.45, 2.75) is 371 Å². The average Bonchev–Trinajstić information content (AvgIpc) is 3.40. The molecule has 0 aromatic rings. The summed E-state index contributed by atoms with van der Waals surface area (Å²) in [6, 6.07) is -0.803. The quantitative estimate of drug-likeness (QED) is 0.0261. The highest BCUT2D eigenvalue weighted by atomic mass is 16.7. The van der Waals surface area contributed by atoms with E-state index in [1.807, 2.05) is 6.08 Å². The van der Waals surface area contributed by atoms with Crippen molar-refractivity contribution in [3.8, 4) is 0 Å². The number of allylic oxidation sites excluding steroid dienone is 3. The summed E-state index contributed by atoms with van der Waals surface area (Å²) in [6.45, 7) is 3.82. The van der Waals surface area contributed by atoms with E-state index in [2.05, 4.69) is 31.3 Å². The number of unbranched alkanes of at least 4 members (excludes halogenated alkanes) is 45. The molecule has 0 aromatic heterocycles. The second-order valence-electron chi connectivity index (χ2n) is 22.9. The number of aliphatic hydroxyl groups excluding tert-OH is 5. The fourth-order valence-corrected chi connectivity index (χ4v) is 10.6. The minimum atomic E-state index is -1.56. The van der Waals surface area contributed by atoms with Gasteiger partial charge in [-0.2, -0.15) is 0 Å². The molecule has 1 heterocycles. The fourth-order valence-electron chi connectivity index (χ4n) is 10.6. The van der Waals surface area contributed by atoms with Crippen LogP contribution in [0, 0.1) is 0 Å². The van der Waals surface area contributed by atoms with Crippen LogP contribution in [0.2, 0.25) is 0 Å². The summed E-state index contributed by atoms with van der Waals surface area (Å²) in [6.07, 6.45) is 64.2. The molecule has 438 valence electrons. The van der Waals surface area contributed by atoms with Gasteiger partial charge in [0.05, 0.1) is 25.4 Å². The summed E-state index contributed by atoms with van der Waals surface area (Å²) in [5.41, 5.74) is 0. The van der Waals surface area contributed by atoms with Crippen LogP contribution in [0.25, 0.3) is 0 Å². The molecule has 74 heavy (non-hydrogen) atoms. The molecule has 0 radical (unpaired) electrons. The predicted molar refractivity (Wildman–Crippen MR) is 314 cm³/mol. The lowest BCUT2D eigenvalue weighted by Crippen LogP contribution is -2.60. The third-order valence-electron chi connectivity index (χ3n) is 15.8. The molecule has 0 aliphatic carbocycles. The SMILES string of the molecule is CCCCCCCCCCCCCC/C=C\CCCCCCCCCCCCCCCCCCCC(=O)NC(COC1OC(CO)C(O)C(O)C1O)C(O)/C=C/CCCCCCCCCCCCCCCCCC. The second kappa shape index (κ2) is 55.0. The van der Waals surface area contributed by atoms with Crippen LogP contribution in [-0.4, -0.2) is 87.5 Å². The van der Waals surface area contributed by atoms with Gasteiger partial charge in [0.2, 0.25) is 5.91 Å². The summed E-state index contributed by atoms with van der Waals surface area (Å²) in [5, 5.41) is 54.6. The van der Waals surface area contributed by atoms with Crippen molar-refractivity contribution in [2.24, 2.45) is 0 Å². The Kier molecular flexibility index (Phi) is 52.5. The van der Waals surface area contributed by atoms with Crippen LogP contribution in [0.1, 0.15) is 328 Å². The molecule has 0 spiro atoms. The molecule has 7 atom stereocenters. The Labute approximate surface area is 458 Å². The van der Waals surface area contributed by atoms with Crippen molar-refractivity contribution in [3.05, 3.63) is 24.3 Å². The van der Waals surface area contributed by atoms with Crippen molar-refractivity contribution >= 4 is 5.91 Å². The number of carbonyl (C=O) groups excluding carboxylic acids is 1. The predicted octanol–water partition coefficient (Wildman–Crippen LogP) is 16.9. The highest BCUT2D eigenvalue weighted by molar-refractivity contribution is 5.76. The molecule has 0 bridgehead atoms. The molecule has 0 aromatic carbocycles. The Bertz CT molecular complexity index is 1210. The number of nitrogens with one attached hydrogen (secondary N) is 1. The van der Waals surface area contributed by atoms with Crippen LogP contribution in [-0.2, 0) is 14.3 Å². The number of amides is 1. The zero-order chi connectivity index (χ0) is 53.6. The number of aliphatic hydroxyl groups is 5. The standard InChI is InChI=1S/C65H125NO8/c1-3-5-7-9-11-13-15-17-19-21-23-24-25-26-27-28-29-30-31-32-33-34-35-36-37-39-41-43-45-47-49-51-53-55-61(69)66-58(57-73-65-64(72)63(71)62(70)60(56-67)74-65)59(68)54-52-50-48-46-44-42-40-38-22-20-18-16-14-12-10-8-6-4-2/h26-27,52,54,58-60,62-65,67-68,70-72H,3-25,28-51,53,55-57H2,1-2H3,(H,66,69)/b27-26-,54-52+. The maximum Gasteiger partial charge on any atom is 0.220 e. The van der Waals surface area contributed by atoms with Crippen molar-refractivity contribution in [1.29, 1.82) is 0 Å². The first-order chi connectivity index (χ1) is 36.3. The minimum absolute atomic E-state index is 0.170. The van der Waals surface area contributed by atoms with Gasteiger partial charge in [-0.05, 0) is 44.9 Å². The molecule has 1 aliphatic heterocycles. The molecule has 1 fully saturated rings. The van der Waals surface area contributed by atoms with E-state index in [-0.39, 0.29) is 12.5 Å². The van der Waals surface area contributed by atoms with Crippen LogP contribution >= 0.6 is 0 Å². The zero-order valence-electron chi connectivity index (χ0n) is 48.9. The Morgan fingerprint density at radius 2 is 0.757 bits per heavy atom. The van der Waals surface area contributed by atoms with Gasteiger partial charge in [0.15, 0.2) is 6.29 Å². The van der Waals surface area contributed by atoms with Gasteiger partial charge in [0, 0.05) is 6.42 Å². The van der Waals surface area contributed by atoms with E-state index in [0.29, 0.717) is 6.42 Å². The van der Waals surface area contributed by atoms with Crippen molar-refractivity contribution in [2.75, 3.05) is 13.2 Å². The number of carbonyl (C=O) groups is 1. The number of rotatable bonds is 57. The van der Waals surface area contributed by atoms with Crippen molar-refractivity contribution < 1.29 is 39.8 Å². The van der Waals surface area contributed by atoms with Gasteiger partial charge in [0.25, 0.3) is 0 Å². The van der Waals surface area contributed by atoms with Gasteiger partial charge in [-0.25, -0.2) is 0 Å². The molecule has 1 rings (SSSR count). The second-order valence-corrected chi connectivity index (χ2v) is 22.9. The molecular weight excluding hydrogens is 923 g/mol. The van der Waals surface area contributed by atoms with Crippen LogP contribution < -0.4 is 5.32 Å². The van der Waals surface area contributed by atoms with Gasteiger partial charge in [-0.1, -0.05) is 301 Å². The Morgan fingerprint density at radius 1 is 0.446 bits per heavy atom. The first kappa shape index (κ1) is 70.7. The van der Waals surface area contributed by atoms with E-state index in [9.17, 15) is 30.3 Å². The number of hydrogen-bond acceptors (Lipinski definition) is 8. The Morgan fingerprint density at radius 3 is 1.09 bits per heavy atom. The Balaban J connectivity index is 2.11. The molecule has 6 N–H and O–H groups in total. The third kappa shape index (κ3) is 43.6. The summed E-state index contributed by atoms with van der Waals surface area (Å²) in [7, 11) is 0. The van der Waals surface area contributed by atoms with E-state index < -0.39 is 49.5 Å². The highest BCUT2D eigenvalue weighted by Crippen LogP contribution is 2.23. The summed E-state index contributed by atoms with van der Waals surface area (Å²) >= 11 is 0. The van der Waals surface area contributed by atoms with Gasteiger partial charge in [0.1, 0.15) is 24.4 Å². The molecule has 1 amide bonds. The van der Waals surface area contributed by atoms with E-state index >= 15 is 0 Å². The van der Waals surface area contributed by atoms with E-state index in [0.717, 1.165) is 38.5 Å². The van der Waals surface area contributed by atoms with Gasteiger partial charge >= 0.3 is 0 Å². The van der Waals surface area contributed by atoms with Gasteiger partial charge in [-0.3, -0.25) is 4.79 Å². The molecule has 0 saturated carbocycles. The summed E-state index contributed by atoms with van der Waals surface area (Å²) < 4.78 is 11.3. The van der Waals surface area contributed by atoms with Crippen LogP contribution in [0.5, 0.6) is 0 Å². The third-order valence-corrected chi connectivity index (χ3v) is 15.8. The molecule has 7 unspecified atom stereocenters.